The van der Waals surface area contributed by atoms with E-state index in [1.807, 2.05) is 18.2 Å². The summed E-state index contributed by atoms with van der Waals surface area (Å²) in [5, 5.41) is 3.25. The quantitative estimate of drug-likeness (QED) is 0.919. The van der Waals surface area contributed by atoms with Gasteiger partial charge in [-0.2, -0.15) is 0 Å². The van der Waals surface area contributed by atoms with E-state index in [2.05, 4.69) is 33.9 Å². The number of urea groups is 1. The predicted octanol–water partition coefficient (Wildman–Crippen LogP) is 2.90. The number of fused-ring (bicyclic) bond motifs is 3. The van der Waals surface area contributed by atoms with Crippen LogP contribution in [0.25, 0.3) is 0 Å². The zero-order chi connectivity index (χ0) is 17.4. The number of aromatic nitrogens is 1. The number of carbonyl (C=O) groups is 1. The molecule has 2 amide bonds. The lowest BCUT2D eigenvalue weighted by Gasteiger charge is -2.33. The Morgan fingerprint density at radius 2 is 2.12 bits per heavy atom. The van der Waals surface area contributed by atoms with Crippen molar-refractivity contribution in [3.8, 4) is 0 Å². The summed E-state index contributed by atoms with van der Waals surface area (Å²) in [5.41, 5.74) is 0.948. The Hall–Kier alpha value is -1.62. The number of nitrogens with one attached hydrogen (secondary N) is 1. The zero-order valence-corrected chi connectivity index (χ0v) is 15.4. The third-order valence-electron chi connectivity index (χ3n) is 6.36. The van der Waals surface area contributed by atoms with Crippen molar-refractivity contribution in [3.05, 3.63) is 30.1 Å². The highest BCUT2D eigenvalue weighted by Gasteiger charge is 2.48. The maximum atomic E-state index is 12.9. The lowest BCUT2D eigenvalue weighted by molar-refractivity contribution is 0.152. The monoisotopic (exact) mass is 342 g/mol. The van der Waals surface area contributed by atoms with Crippen LogP contribution in [0.4, 0.5) is 4.79 Å². The maximum Gasteiger partial charge on any atom is 0.317 e. The van der Waals surface area contributed by atoms with Gasteiger partial charge in [0.15, 0.2) is 0 Å². The molecule has 3 aliphatic rings. The SMILES string of the molecule is CC(C)[C@H](NC(=O)N1C[C@@H]2CN3CCCC[C@@H]3[C@H]2C1)c1ccccn1. The number of piperidine rings is 1. The van der Waals surface area contributed by atoms with E-state index in [1.54, 1.807) is 6.20 Å². The van der Waals surface area contributed by atoms with Crippen molar-refractivity contribution in [2.45, 2.75) is 45.2 Å². The molecule has 1 aromatic rings. The Bertz CT molecular complexity index is 605. The van der Waals surface area contributed by atoms with Gasteiger partial charge in [0.2, 0.25) is 0 Å². The molecule has 4 heterocycles. The van der Waals surface area contributed by atoms with Crippen LogP contribution in [0.1, 0.15) is 44.8 Å². The highest BCUT2D eigenvalue weighted by molar-refractivity contribution is 5.75. The Morgan fingerprint density at radius 1 is 1.24 bits per heavy atom. The van der Waals surface area contributed by atoms with Crippen LogP contribution in [-0.4, -0.2) is 53.0 Å². The fourth-order valence-corrected chi connectivity index (χ4v) is 5.09. The van der Waals surface area contributed by atoms with Gasteiger partial charge in [-0.15, -0.1) is 0 Å². The summed E-state index contributed by atoms with van der Waals surface area (Å²) < 4.78 is 0. The summed E-state index contributed by atoms with van der Waals surface area (Å²) >= 11 is 0. The Labute approximate surface area is 150 Å². The number of carbonyl (C=O) groups excluding carboxylic acids is 1. The number of hydrogen-bond acceptors (Lipinski definition) is 3. The van der Waals surface area contributed by atoms with E-state index < -0.39 is 0 Å². The van der Waals surface area contributed by atoms with Gasteiger partial charge in [-0.1, -0.05) is 26.3 Å². The van der Waals surface area contributed by atoms with Crippen LogP contribution in [0.3, 0.4) is 0 Å². The normalized spacial score (nSPS) is 30.2. The van der Waals surface area contributed by atoms with Gasteiger partial charge >= 0.3 is 6.03 Å². The Morgan fingerprint density at radius 3 is 2.88 bits per heavy atom. The molecule has 0 spiro atoms. The molecule has 0 aromatic carbocycles. The molecule has 1 N–H and O–H groups in total. The minimum Gasteiger partial charge on any atom is -0.329 e. The molecule has 3 saturated heterocycles. The molecule has 4 rings (SSSR count). The van der Waals surface area contributed by atoms with Gasteiger partial charge in [-0.25, -0.2) is 4.79 Å². The second-order valence-electron chi connectivity index (χ2n) is 8.31. The standard InChI is InChI=1S/C20H30N4O/c1-14(2)19(17-7-3-5-9-21-17)22-20(25)24-12-15-11-23-10-6-4-8-18(23)16(15)13-24/h3,5,7,9,14-16,18-19H,4,6,8,10-13H2,1-2H3,(H,22,25)/t15-,16-,18+,19-/m0/s1. The van der Waals surface area contributed by atoms with Gasteiger partial charge in [0.25, 0.3) is 0 Å². The van der Waals surface area contributed by atoms with Crippen LogP contribution >= 0.6 is 0 Å². The van der Waals surface area contributed by atoms with Gasteiger partial charge in [-0.3, -0.25) is 9.88 Å². The van der Waals surface area contributed by atoms with E-state index in [9.17, 15) is 4.79 Å². The van der Waals surface area contributed by atoms with E-state index in [0.29, 0.717) is 23.8 Å². The molecule has 0 saturated carbocycles. The van der Waals surface area contributed by atoms with E-state index in [1.165, 1.54) is 32.4 Å². The molecule has 3 aliphatic heterocycles. The maximum absolute atomic E-state index is 12.9. The number of pyridine rings is 1. The largest absolute Gasteiger partial charge is 0.329 e. The molecule has 4 atom stereocenters. The summed E-state index contributed by atoms with van der Waals surface area (Å²) in [6.07, 6.45) is 5.82. The summed E-state index contributed by atoms with van der Waals surface area (Å²) in [7, 11) is 0. The van der Waals surface area contributed by atoms with Crippen molar-refractivity contribution in [2.24, 2.45) is 17.8 Å². The van der Waals surface area contributed by atoms with Crippen molar-refractivity contribution in [3.63, 3.8) is 0 Å². The van der Waals surface area contributed by atoms with Gasteiger partial charge in [0, 0.05) is 31.9 Å². The first-order chi connectivity index (χ1) is 12.1. The van der Waals surface area contributed by atoms with Gasteiger partial charge < -0.3 is 10.2 Å². The van der Waals surface area contributed by atoms with Crippen molar-refractivity contribution in [1.82, 2.24) is 20.1 Å². The second-order valence-corrected chi connectivity index (χ2v) is 8.31. The van der Waals surface area contributed by atoms with E-state index in [4.69, 9.17) is 0 Å². The third kappa shape index (κ3) is 3.26. The summed E-state index contributed by atoms with van der Waals surface area (Å²) in [4.78, 5) is 22.1. The lowest BCUT2D eigenvalue weighted by atomic mass is 9.90. The van der Waals surface area contributed by atoms with Crippen LogP contribution in [-0.2, 0) is 0 Å². The average molecular weight is 342 g/mol. The first-order valence-corrected chi connectivity index (χ1v) is 9.84. The van der Waals surface area contributed by atoms with Gasteiger partial charge in [0.1, 0.15) is 0 Å². The Kier molecular flexibility index (Phi) is 4.67. The number of amides is 2. The average Bonchev–Trinajstić information content (AvgIpc) is 3.18. The molecule has 0 radical (unpaired) electrons. The lowest BCUT2D eigenvalue weighted by Crippen LogP contribution is -2.45. The fourth-order valence-electron chi connectivity index (χ4n) is 5.09. The Balaban J connectivity index is 1.40. The first-order valence-electron chi connectivity index (χ1n) is 9.84. The van der Waals surface area contributed by atoms with Crippen LogP contribution in [0.2, 0.25) is 0 Å². The second kappa shape index (κ2) is 6.94. The molecule has 0 unspecified atom stereocenters. The highest BCUT2D eigenvalue weighted by Crippen LogP contribution is 2.40. The minimum absolute atomic E-state index is 0.0275. The van der Waals surface area contributed by atoms with Crippen molar-refractivity contribution in [1.29, 1.82) is 0 Å². The number of likely N-dealkylation sites (tertiary alicyclic amines) is 1. The molecule has 1 aromatic heterocycles. The van der Waals surface area contributed by atoms with Gasteiger partial charge in [0.05, 0.1) is 11.7 Å². The van der Waals surface area contributed by atoms with Crippen molar-refractivity contribution >= 4 is 6.03 Å². The molecular formula is C20H30N4O. The fraction of sp³-hybridized carbons (Fsp3) is 0.700. The van der Waals surface area contributed by atoms with Gasteiger partial charge in [-0.05, 0) is 49.3 Å². The molecule has 136 valence electrons. The number of nitrogens with zero attached hydrogens (tertiary/aromatic N) is 3. The molecule has 3 fully saturated rings. The van der Waals surface area contributed by atoms with Crippen LogP contribution in [0, 0.1) is 17.8 Å². The third-order valence-corrected chi connectivity index (χ3v) is 6.36. The summed E-state index contributed by atoms with van der Waals surface area (Å²) in [6.45, 7) is 8.56. The van der Waals surface area contributed by atoms with E-state index >= 15 is 0 Å². The zero-order valence-electron chi connectivity index (χ0n) is 15.4. The summed E-state index contributed by atoms with van der Waals surface area (Å²) in [6, 6.07) is 6.68. The predicted molar refractivity (Wildman–Crippen MR) is 98.1 cm³/mol. The summed E-state index contributed by atoms with van der Waals surface area (Å²) in [5.74, 6) is 1.66. The van der Waals surface area contributed by atoms with Crippen LogP contribution < -0.4 is 5.32 Å². The molecule has 25 heavy (non-hydrogen) atoms. The minimum atomic E-state index is -0.0275. The first kappa shape index (κ1) is 16.8. The highest BCUT2D eigenvalue weighted by atomic mass is 16.2. The molecule has 0 aliphatic carbocycles. The van der Waals surface area contributed by atoms with Crippen molar-refractivity contribution in [2.75, 3.05) is 26.2 Å². The number of rotatable bonds is 3. The molecule has 5 nitrogen and oxygen atoms in total. The molecule has 5 heteroatoms. The van der Waals surface area contributed by atoms with Crippen LogP contribution in [0.15, 0.2) is 24.4 Å². The molecule has 0 bridgehead atoms. The van der Waals surface area contributed by atoms with Crippen LogP contribution in [0.5, 0.6) is 0 Å². The molecular weight excluding hydrogens is 312 g/mol. The van der Waals surface area contributed by atoms with E-state index in [0.717, 1.165) is 18.8 Å². The number of hydrogen-bond donors (Lipinski definition) is 1. The van der Waals surface area contributed by atoms with Crippen molar-refractivity contribution < 1.29 is 4.79 Å². The van der Waals surface area contributed by atoms with E-state index in [-0.39, 0.29) is 12.1 Å². The smallest absolute Gasteiger partial charge is 0.317 e. The topological polar surface area (TPSA) is 48.5 Å².